The summed E-state index contributed by atoms with van der Waals surface area (Å²) in [5.41, 5.74) is 1.13. The first kappa shape index (κ1) is 19.3. The molecule has 7 nitrogen and oxygen atoms in total. The number of rotatable bonds is 6. The molecule has 0 unspecified atom stereocenters. The number of piperidine rings is 1. The topological polar surface area (TPSA) is 88.6 Å². The van der Waals surface area contributed by atoms with Crippen LogP contribution >= 0.6 is 0 Å². The number of benzene rings is 1. The highest BCUT2D eigenvalue weighted by atomic mass is 32.2. The zero-order valence-electron chi connectivity index (χ0n) is 15.2. The molecule has 0 aliphatic carbocycles. The van der Waals surface area contributed by atoms with Crippen molar-refractivity contribution in [3.8, 4) is 5.88 Å². The minimum absolute atomic E-state index is 0.156. The van der Waals surface area contributed by atoms with Gasteiger partial charge in [0.15, 0.2) is 0 Å². The number of hydrogen-bond donors (Lipinski definition) is 1. The van der Waals surface area contributed by atoms with Gasteiger partial charge in [0.25, 0.3) is 5.91 Å². The van der Waals surface area contributed by atoms with Crippen LogP contribution < -0.4 is 10.1 Å². The van der Waals surface area contributed by atoms with Crippen molar-refractivity contribution in [2.75, 3.05) is 20.2 Å². The number of sulfonamides is 1. The lowest BCUT2D eigenvalue weighted by molar-refractivity contribution is 0.0950. The fraction of sp³-hybridized carbons (Fsp3) is 0.368. The molecule has 1 N–H and O–H groups in total. The van der Waals surface area contributed by atoms with Gasteiger partial charge in [0.1, 0.15) is 0 Å². The van der Waals surface area contributed by atoms with E-state index < -0.39 is 10.0 Å². The van der Waals surface area contributed by atoms with E-state index in [0.717, 1.165) is 24.8 Å². The second kappa shape index (κ2) is 8.49. The Morgan fingerprint density at radius 1 is 1.19 bits per heavy atom. The molecule has 1 amide bonds. The van der Waals surface area contributed by atoms with Crippen LogP contribution in [0.1, 0.15) is 35.2 Å². The van der Waals surface area contributed by atoms with Crippen LogP contribution in [-0.2, 0) is 16.6 Å². The molecule has 0 spiro atoms. The van der Waals surface area contributed by atoms with Crippen molar-refractivity contribution in [2.45, 2.75) is 30.7 Å². The quantitative estimate of drug-likeness (QED) is 0.818. The maximum absolute atomic E-state index is 12.8. The molecule has 1 saturated heterocycles. The van der Waals surface area contributed by atoms with Crippen molar-refractivity contribution in [2.24, 2.45) is 0 Å². The molecule has 2 heterocycles. The molecular formula is C19H23N3O4S. The summed E-state index contributed by atoms with van der Waals surface area (Å²) in [6.45, 7) is 1.35. The molecule has 0 bridgehead atoms. The lowest BCUT2D eigenvalue weighted by Gasteiger charge is -2.26. The number of carbonyl (C=O) groups excluding carboxylic acids is 1. The minimum atomic E-state index is -3.56. The predicted octanol–water partition coefficient (Wildman–Crippen LogP) is 2.19. The zero-order valence-corrected chi connectivity index (χ0v) is 16.0. The molecule has 0 radical (unpaired) electrons. The van der Waals surface area contributed by atoms with Gasteiger partial charge in [-0.05, 0) is 36.6 Å². The van der Waals surface area contributed by atoms with Crippen LogP contribution in [0.5, 0.6) is 5.88 Å². The Bertz CT molecular complexity index is 891. The largest absolute Gasteiger partial charge is 0.481 e. The molecule has 2 aromatic rings. The van der Waals surface area contributed by atoms with Crippen molar-refractivity contribution >= 4 is 15.9 Å². The Labute approximate surface area is 159 Å². The highest BCUT2D eigenvalue weighted by molar-refractivity contribution is 7.89. The first-order valence-electron chi connectivity index (χ1n) is 8.88. The second-order valence-electron chi connectivity index (χ2n) is 6.38. The van der Waals surface area contributed by atoms with E-state index in [1.807, 2.05) is 6.07 Å². The monoisotopic (exact) mass is 389 g/mol. The number of pyridine rings is 1. The summed E-state index contributed by atoms with van der Waals surface area (Å²) in [7, 11) is -2.03. The standard InChI is InChI=1S/C19H23N3O4S/c1-26-18-9-8-15(13-20-18)14-21-19(23)16-6-5-7-17(12-16)27(24,25)22-10-3-2-4-11-22/h5-9,12-13H,2-4,10-11,14H2,1H3,(H,21,23). The summed E-state index contributed by atoms with van der Waals surface area (Å²) >= 11 is 0. The van der Waals surface area contributed by atoms with E-state index in [1.165, 1.54) is 23.5 Å². The molecule has 1 aromatic carbocycles. The van der Waals surface area contributed by atoms with Gasteiger partial charge >= 0.3 is 0 Å². The Morgan fingerprint density at radius 2 is 1.96 bits per heavy atom. The third-order valence-electron chi connectivity index (χ3n) is 4.51. The Hall–Kier alpha value is -2.45. The second-order valence-corrected chi connectivity index (χ2v) is 8.32. The average molecular weight is 389 g/mol. The number of methoxy groups -OCH3 is 1. The van der Waals surface area contributed by atoms with Crippen LogP contribution in [0.15, 0.2) is 47.5 Å². The van der Waals surface area contributed by atoms with E-state index in [2.05, 4.69) is 10.3 Å². The summed E-state index contributed by atoms with van der Waals surface area (Å²) in [5, 5.41) is 2.78. The van der Waals surface area contributed by atoms with Gasteiger partial charge in [-0.15, -0.1) is 0 Å². The SMILES string of the molecule is COc1ccc(CNC(=O)c2cccc(S(=O)(=O)N3CCCCC3)c2)cn1. The van der Waals surface area contributed by atoms with E-state index in [0.29, 0.717) is 31.1 Å². The molecule has 3 rings (SSSR count). The van der Waals surface area contributed by atoms with Crippen molar-refractivity contribution in [1.82, 2.24) is 14.6 Å². The lowest BCUT2D eigenvalue weighted by atomic mass is 10.2. The number of ether oxygens (including phenoxy) is 1. The van der Waals surface area contributed by atoms with Crippen LogP contribution in [0.25, 0.3) is 0 Å². The highest BCUT2D eigenvalue weighted by Crippen LogP contribution is 2.21. The van der Waals surface area contributed by atoms with E-state index in [1.54, 1.807) is 24.4 Å². The molecule has 1 fully saturated rings. The summed E-state index contributed by atoms with van der Waals surface area (Å²) in [5.74, 6) is 0.169. The highest BCUT2D eigenvalue weighted by Gasteiger charge is 2.26. The third-order valence-corrected chi connectivity index (χ3v) is 6.40. The van der Waals surface area contributed by atoms with Crippen LogP contribution in [0.2, 0.25) is 0 Å². The molecule has 1 aliphatic heterocycles. The number of aromatic nitrogens is 1. The first-order chi connectivity index (χ1) is 13.0. The normalized spacial score (nSPS) is 15.3. The molecule has 1 aliphatic rings. The smallest absolute Gasteiger partial charge is 0.251 e. The van der Waals surface area contributed by atoms with Gasteiger partial charge in [0.05, 0.1) is 12.0 Å². The number of carbonyl (C=O) groups is 1. The number of nitrogens with one attached hydrogen (secondary N) is 1. The zero-order chi connectivity index (χ0) is 19.3. The van der Waals surface area contributed by atoms with E-state index in [-0.39, 0.29) is 10.8 Å². The van der Waals surface area contributed by atoms with Crippen molar-refractivity contribution in [3.63, 3.8) is 0 Å². The number of hydrogen-bond acceptors (Lipinski definition) is 5. The first-order valence-corrected chi connectivity index (χ1v) is 10.3. The summed E-state index contributed by atoms with van der Waals surface area (Å²) in [4.78, 5) is 16.7. The molecular weight excluding hydrogens is 366 g/mol. The van der Waals surface area contributed by atoms with E-state index in [9.17, 15) is 13.2 Å². The van der Waals surface area contributed by atoms with Gasteiger partial charge in [-0.2, -0.15) is 4.31 Å². The van der Waals surface area contributed by atoms with Gasteiger partial charge in [-0.3, -0.25) is 4.79 Å². The molecule has 0 atom stereocenters. The molecule has 8 heteroatoms. The maximum Gasteiger partial charge on any atom is 0.251 e. The van der Waals surface area contributed by atoms with Crippen LogP contribution in [-0.4, -0.2) is 43.8 Å². The van der Waals surface area contributed by atoms with Crippen molar-refractivity contribution in [3.05, 3.63) is 53.7 Å². The van der Waals surface area contributed by atoms with Gasteiger partial charge in [0.2, 0.25) is 15.9 Å². The Kier molecular flexibility index (Phi) is 6.08. The van der Waals surface area contributed by atoms with Crippen molar-refractivity contribution < 1.29 is 17.9 Å². The summed E-state index contributed by atoms with van der Waals surface area (Å²) < 4.78 is 32.0. The Balaban J connectivity index is 1.69. The number of nitrogens with zero attached hydrogens (tertiary/aromatic N) is 2. The lowest BCUT2D eigenvalue weighted by Crippen LogP contribution is -2.35. The third kappa shape index (κ3) is 4.64. The molecule has 1 aromatic heterocycles. The molecule has 27 heavy (non-hydrogen) atoms. The van der Waals surface area contributed by atoms with Crippen LogP contribution in [0.4, 0.5) is 0 Å². The van der Waals surface area contributed by atoms with Gasteiger partial charge in [0, 0.05) is 37.5 Å². The Morgan fingerprint density at radius 3 is 2.63 bits per heavy atom. The van der Waals surface area contributed by atoms with Gasteiger partial charge in [-0.1, -0.05) is 18.6 Å². The fourth-order valence-electron chi connectivity index (χ4n) is 2.97. The predicted molar refractivity (Wildman–Crippen MR) is 101 cm³/mol. The van der Waals surface area contributed by atoms with E-state index >= 15 is 0 Å². The summed E-state index contributed by atoms with van der Waals surface area (Å²) in [6.07, 6.45) is 4.41. The molecule has 0 saturated carbocycles. The van der Waals surface area contributed by atoms with Crippen LogP contribution in [0, 0.1) is 0 Å². The maximum atomic E-state index is 12.8. The average Bonchev–Trinajstić information content (AvgIpc) is 2.73. The van der Waals surface area contributed by atoms with Gasteiger partial charge in [-0.25, -0.2) is 13.4 Å². The minimum Gasteiger partial charge on any atom is -0.481 e. The van der Waals surface area contributed by atoms with E-state index in [4.69, 9.17) is 4.74 Å². The number of amides is 1. The fourth-order valence-corrected chi connectivity index (χ4v) is 4.54. The van der Waals surface area contributed by atoms with Crippen molar-refractivity contribution in [1.29, 1.82) is 0 Å². The van der Waals surface area contributed by atoms with Crippen LogP contribution in [0.3, 0.4) is 0 Å². The molecule has 144 valence electrons. The summed E-state index contributed by atoms with van der Waals surface area (Å²) in [6, 6.07) is 9.70. The van der Waals surface area contributed by atoms with Gasteiger partial charge < -0.3 is 10.1 Å².